The van der Waals surface area contributed by atoms with Crippen molar-refractivity contribution in [3.05, 3.63) is 21.9 Å². The molecular formula is C11H15NO2S. The summed E-state index contributed by atoms with van der Waals surface area (Å²) < 4.78 is 0. The summed E-state index contributed by atoms with van der Waals surface area (Å²) in [6.45, 7) is 4.08. The van der Waals surface area contributed by atoms with Crippen LogP contribution in [0.3, 0.4) is 0 Å². The molecule has 1 rings (SSSR count). The van der Waals surface area contributed by atoms with E-state index in [4.69, 9.17) is 0 Å². The van der Waals surface area contributed by atoms with Gasteiger partial charge in [0.05, 0.1) is 6.42 Å². The molecule has 0 fully saturated rings. The maximum atomic E-state index is 11.1. The molecule has 0 saturated carbocycles. The molecule has 0 bridgehead atoms. The van der Waals surface area contributed by atoms with Crippen LogP contribution in [0.4, 0.5) is 0 Å². The molecule has 0 unspecified atom stereocenters. The Kier molecular flexibility index (Phi) is 4.49. The number of nitrogens with one attached hydrogen (secondary N) is 1. The van der Waals surface area contributed by atoms with Crippen LogP contribution in [-0.4, -0.2) is 18.2 Å². The zero-order chi connectivity index (χ0) is 11.3. The predicted octanol–water partition coefficient (Wildman–Crippen LogP) is 1.69. The topological polar surface area (TPSA) is 46.2 Å². The third-order valence-corrected chi connectivity index (χ3v) is 3.13. The zero-order valence-electron chi connectivity index (χ0n) is 9.00. The van der Waals surface area contributed by atoms with Crippen LogP contribution in [0.15, 0.2) is 11.4 Å². The Bertz CT molecular complexity index is 357. The van der Waals surface area contributed by atoms with Gasteiger partial charge in [0.1, 0.15) is 5.78 Å². The maximum Gasteiger partial charge on any atom is 0.227 e. The average molecular weight is 225 g/mol. The fourth-order valence-corrected chi connectivity index (χ4v) is 2.17. The summed E-state index contributed by atoms with van der Waals surface area (Å²) in [6, 6.07) is 2.07. The van der Waals surface area contributed by atoms with Gasteiger partial charge in [-0.2, -0.15) is 0 Å². The third-order valence-electron chi connectivity index (χ3n) is 2.05. The minimum atomic E-state index is -0.184. The third kappa shape index (κ3) is 4.25. The summed E-state index contributed by atoms with van der Waals surface area (Å²) >= 11 is 1.70. The number of carbonyl (C=O) groups excluding carboxylic acids is 2. The van der Waals surface area contributed by atoms with Crippen molar-refractivity contribution in [3.8, 4) is 0 Å². The van der Waals surface area contributed by atoms with Crippen molar-refractivity contribution in [2.24, 2.45) is 0 Å². The Labute approximate surface area is 93.5 Å². The second-order valence-corrected chi connectivity index (χ2v) is 4.51. The minimum absolute atomic E-state index is 0.0105. The highest BCUT2D eigenvalue weighted by molar-refractivity contribution is 7.10. The summed E-state index contributed by atoms with van der Waals surface area (Å²) in [7, 11) is 0. The Morgan fingerprint density at radius 2 is 2.20 bits per heavy atom. The maximum absolute atomic E-state index is 11.1. The molecule has 3 nitrogen and oxygen atoms in total. The molecule has 0 atom stereocenters. The molecule has 1 aromatic rings. The van der Waals surface area contributed by atoms with E-state index >= 15 is 0 Å². The molecule has 1 heterocycles. The van der Waals surface area contributed by atoms with Crippen molar-refractivity contribution in [2.75, 3.05) is 6.54 Å². The van der Waals surface area contributed by atoms with E-state index in [0.717, 1.165) is 6.42 Å². The first-order valence-corrected chi connectivity index (χ1v) is 5.76. The molecule has 15 heavy (non-hydrogen) atoms. The van der Waals surface area contributed by atoms with E-state index in [1.54, 1.807) is 11.3 Å². The number of rotatable bonds is 5. The largest absolute Gasteiger partial charge is 0.355 e. The zero-order valence-corrected chi connectivity index (χ0v) is 9.82. The average Bonchev–Trinajstić information content (AvgIpc) is 2.50. The van der Waals surface area contributed by atoms with Crippen molar-refractivity contribution in [1.82, 2.24) is 5.32 Å². The number of Topliss-reactive ketones (excluding diaryl/α,β-unsaturated/α-hetero) is 1. The van der Waals surface area contributed by atoms with Crippen LogP contribution in [0.25, 0.3) is 0 Å². The first kappa shape index (κ1) is 11.9. The molecule has 1 amide bonds. The molecule has 1 aromatic heterocycles. The standard InChI is InChI=1S/C11H15NO2S/c1-8-4-6-15-10(8)3-5-12-11(14)7-9(2)13/h4,6H,3,5,7H2,1-2H3,(H,12,14). The Balaban J connectivity index is 2.25. The monoisotopic (exact) mass is 225 g/mol. The van der Waals surface area contributed by atoms with Gasteiger partial charge in [-0.3, -0.25) is 9.59 Å². The van der Waals surface area contributed by atoms with Gasteiger partial charge in [0.25, 0.3) is 0 Å². The summed E-state index contributed by atoms with van der Waals surface area (Å²) in [4.78, 5) is 23.1. The van der Waals surface area contributed by atoms with Gasteiger partial charge in [0.2, 0.25) is 5.91 Å². The smallest absolute Gasteiger partial charge is 0.227 e. The van der Waals surface area contributed by atoms with E-state index in [-0.39, 0.29) is 18.1 Å². The van der Waals surface area contributed by atoms with E-state index in [1.807, 2.05) is 5.38 Å². The number of amides is 1. The lowest BCUT2D eigenvalue weighted by Gasteiger charge is -2.03. The van der Waals surface area contributed by atoms with Gasteiger partial charge in [-0.25, -0.2) is 0 Å². The van der Waals surface area contributed by atoms with E-state index in [9.17, 15) is 9.59 Å². The number of ketones is 1. The second-order valence-electron chi connectivity index (χ2n) is 3.51. The number of aryl methyl sites for hydroxylation is 1. The molecule has 4 heteroatoms. The first-order chi connectivity index (χ1) is 7.09. The number of carbonyl (C=O) groups is 2. The quantitative estimate of drug-likeness (QED) is 0.775. The van der Waals surface area contributed by atoms with Crippen LogP contribution in [0, 0.1) is 6.92 Å². The molecule has 0 saturated heterocycles. The summed E-state index contributed by atoms with van der Waals surface area (Å²) in [5.74, 6) is -0.281. The lowest BCUT2D eigenvalue weighted by molar-refractivity contribution is -0.127. The van der Waals surface area contributed by atoms with Crippen LogP contribution < -0.4 is 5.32 Å². The predicted molar refractivity (Wildman–Crippen MR) is 61.1 cm³/mol. The molecule has 0 radical (unpaired) electrons. The molecule has 0 aliphatic heterocycles. The molecule has 0 aliphatic carbocycles. The van der Waals surface area contributed by atoms with Crippen LogP contribution in [0.2, 0.25) is 0 Å². The highest BCUT2D eigenvalue weighted by Crippen LogP contribution is 2.15. The van der Waals surface area contributed by atoms with Crippen molar-refractivity contribution < 1.29 is 9.59 Å². The molecule has 0 spiro atoms. The van der Waals surface area contributed by atoms with E-state index in [1.165, 1.54) is 17.4 Å². The van der Waals surface area contributed by atoms with E-state index < -0.39 is 0 Å². The van der Waals surface area contributed by atoms with Crippen molar-refractivity contribution in [1.29, 1.82) is 0 Å². The van der Waals surface area contributed by atoms with Gasteiger partial charge in [-0.1, -0.05) is 0 Å². The Morgan fingerprint density at radius 3 is 2.73 bits per heavy atom. The summed E-state index contributed by atoms with van der Waals surface area (Å²) in [5.41, 5.74) is 1.26. The number of hydrogen-bond acceptors (Lipinski definition) is 3. The summed E-state index contributed by atoms with van der Waals surface area (Å²) in [5, 5.41) is 4.77. The highest BCUT2D eigenvalue weighted by Gasteiger charge is 2.05. The summed E-state index contributed by atoms with van der Waals surface area (Å²) in [6.07, 6.45) is 0.830. The number of hydrogen-bond donors (Lipinski definition) is 1. The molecule has 82 valence electrons. The van der Waals surface area contributed by atoms with Gasteiger partial charge in [-0.15, -0.1) is 11.3 Å². The normalized spacial score (nSPS) is 10.0. The van der Waals surface area contributed by atoms with Gasteiger partial charge >= 0.3 is 0 Å². The van der Waals surface area contributed by atoms with Crippen LogP contribution in [0.1, 0.15) is 23.8 Å². The first-order valence-electron chi connectivity index (χ1n) is 4.88. The lowest BCUT2D eigenvalue weighted by atomic mass is 10.2. The van der Waals surface area contributed by atoms with Gasteiger partial charge < -0.3 is 5.32 Å². The van der Waals surface area contributed by atoms with Crippen LogP contribution >= 0.6 is 11.3 Å². The molecule has 0 aromatic carbocycles. The van der Waals surface area contributed by atoms with Gasteiger partial charge in [0.15, 0.2) is 0 Å². The van der Waals surface area contributed by atoms with E-state index in [0.29, 0.717) is 6.54 Å². The molecule has 1 N–H and O–H groups in total. The fraction of sp³-hybridized carbons (Fsp3) is 0.455. The minimum Gasteiger partial charge on any atom is -0.355 e. The molecular weight excluding hydrogens is 210 g/mol. The number of thiophene rings is 1. The fourth-order valence-electron chi connectivity index (χ4n) is 1.26. The van der Waals surface area contributed by atoms with Crippen molar-refractivity contribution in [3.63, 3.8) is 0 Å². The van der Waals surface area contributed by atoms with Crippen molar-refractivity contribution in [2.45, 2.75) is 26.7 Å². The van der Waals surface area contributed by atoms with Crippen LogP contribution in [0.5, 0.6) is 0 Å². The lowest BCUT2D eigenvalue weighted by Crippen LogP contribution is -2.26. The van der Waals surface area contributed by atoms with Crippen molar-refractivity contribution >= 4 is 23.0 Å². The Hall–Kier alpha value is -1.16. The van der Waals surface area contributed by atoms with Gasteiger partial charge in [-0.05, 0) is 37.3 Å². The van der Waals surface area contributed by atoms with E-state index in [2.05, 4.69) is 18.3 Å². The Morgan fingerprint density at radius 1 is 1.47 bits per heavy atom. The molecule has 0 aliphatic rings. The van der Waals surface area contributed by atoms with Gasteiger partial charge in [0, 0.05) is 11.4 Å². The highest BCUT2D eigenvalue weighted by atomic mass is 32.1. The van der Waals surface area contributed by atoms with Crippen LogP contribution in [-0.2, 0) is 16.0 Å². The second kappa shape index (κ2) is 5.66. The SMILES string of the molecule is CC(=O)CC(=O)NCCc1sccc1C.